The molecule has 2 rings (SSSR count). The minimum absolute atomic E-state index is 0.605. The summed E-state index contributed by atoms with van der Waals surface area (Å²) in [6, 6.07) is 0. The second-order valence-corrected chi connectivity index (χ2v) is 12.4. The van der Waals surface area contributed by atoms with E-state index in [1.165, 1.54) is 6.92 Å². The summed E-state index contributed by atoms with van der Waals surface area (Å²) >= 11 is 6.25. The first-order valence-electron chi connectivity index (χ1n) is 8.48. The average molecular weight is 562 g/mol. The van der Waals surface area contributed by atoms with E-state index in [0.29, 0.717) is 25.0 Å². The molecule has 1 aliphatic rings. The quantitative estimate of drug-likeness (QED) is 0.229. The number of ether oxygens (including phenoxy) is 1. The molecule has 1 aromatic heterocycles. The molecular formula is C12H20ClFN3O13P3. The Hall–Kier alpha value is -0.770. The van der Waals surface area contributed by atoms with Crippen LogP contribution in [-0.4, -0.2) is 62.4 Å². The molecule has 0 spiro atoms. The molecule has 0 bridgehead atoms. The van der Waals surface area contributed by atoms with Gasteiger partial charge in [0, 0.05) is 14.2 Å². The summed E-state index contributed by atoms with van der Waals surface area (Å²) in [5.41, 5.74) is 4.15. The Labute approximate surface area is 190 Å². The van der Waals surface area contributed by atoms with E-state index in [1.807, 2.05) is 0 Å². The van der Waals surface area contributed by atoms with Gasteiger partial charge in [0.05, 0.1) is 12.8 Å². The third-order valence-corrected chi connectivity index (χ3v) is 9.21. The Morgan fingerprint density at radius 1 is 1.27 bits per heavy atom. The molecule has 1 aliphatic heterocycles. The van der Waals surface area contributed by atoms with Gasteiger partial charge >= 0.3 is 29.2 Å². The first-order valence-corrected chi connectivity index (χ1v) is 13.3. The van der Waals surface area contributed by atoms with E-state index in [2.05, 4.69) is 27.2 Å². The summed E-state index contributed by atoms with van der Waals surface area (Å²) in [7, 11) is -14.1. The first-order chi connectivity index (χ1) is 15.0. The maximum atomic E-state index is 13.8. The molecule has 3 unspecified atom stereocenters. The van der Waals surface area contributed by atoms with Crippen molar-refractivity contribution in [3.8, 4) is 0 Å². The van der Waals surface area contributed by atoms with E-state index in [4.69, 9.17) is 22.1 Å². The van der Waals surface area contributed by atoms with Gasteiger partial charge in [-0.25, -0.2) is 22.9 Å². The van der Waals surface area contributed by atoms with E-state index >= 15 is 0 Å². The molecule has 0 saturated carbocycles. The van der Waals surface area contributed by atoms with Crippen molar-refractivity contribution in [1.82, 2.24) is 9.55 Å². The number of alkyl halides is 1. The van der Waals surface area contributed by atoms with Crippen molar-refractivity contribution >= 4 is 40.9 Å². The molecule has 0 aliphatic carbocycles. The third kappa shape index (κ3) is 6.67. The minimum atomic E-state index is -5.36. The van der Waals surface area contributed by atoms with Crippen molar-refractivity contribution in [2.75, 3.05) is 26.6 Å². The second-order valence-electron chi connectivity index (χ2n) is 6.50. The molecule has 1 saturated heterocycles. The van der Waals surface area contributed by atoms with Gasteiger partial charge in [0.2, 0.25) is 0 Å². The highest BCUT2D eigenvalue weighted by Gasteiger charge is 2.54. The van der Waals surface area contributed by atoms with Crippen LogP contribution in [0.2, 0.25) is 0 Å². The highest BCUT2D eigenvalue weighted by atomic mass is 35.5. The largest absolute Gasteiger partial charge is 0.492 e. The number of aromatic nitrogens is 2. The first kappa shape index (κ1) is 28.5. The van der Waals surface area contributed by atoms with Gasteiger partial charge in [-0.05, 0) is 6.92 Å². The maximum Gasteiger partial charge on any atom is 0.492 e. The molecule has 1 fully saturated rings. The molecule has 0 amide bonds. The highest BCUT2D eigenvalue weighted by molar-refractivity contribution is 7.67. The fraction of sp³-hybridized carbons (Fsp3) is 0.667. The summed E-state index contributed by atoms with van der Waals surface area (Å²) in [5.74, 6) is -1.77. The van der Waals surface area contributed by atoms with E-state index in [0.717, 1.165) is 0 Å². The number of hydrogen-bond donors (Lipinski definition) is 4. The van der Waals surface area contributed by atoms with Crippen LogP contribution in [0, 0.1) is 5.82 Å². The maximum absolute atomic E-state index is 13.8. The van der Waals surface area contributed by atoms with Gasteiger partial charge in [-0.15, -0.1) is 11.6 Å². The van der Waals surface area contributed by atoms with E-state index in [1.54, 1.807) is 0 Å². The lowest BCUT2D eigenvalue weighted by atomic mass is 10.0. The van der Waals surface area contributed by atoms with Gasteiger partial charge in [-0.3, -0.25) is 18.1 Å². The number of nitrogens with zero attached hydrogens (tertiary/aromatic N) is 2. The van der Waals surface area contributed by atoms with Crippen LogP contribution >= 0.6 is 35.1 Å². The van der Waals surface area contributed by atoms with Crippen LogP contribution in [0.5, 0.6) is 0 Å². The van der Waals surface area contributed by atoms with Crippen molar-refractivity contribution in [3.63, 3.8) is 0 Å². The molecule has 1 aromatic rings. The summed E-state index contributed by atoms with van der Waals surface area (Å²) in [6.45, 7) is 0.258. The third-order valence-electron chi connectivity index (χ3n) is 4.17. The van der Waals surface area contributed by atoms with Crippen LogP contribution < -0.4 is 11.4 Å². The predicted molar refractivity (Wildman–Crippen MR) is 106 cm³/mol. The fourth-order valence-electron chi connectivity index (χ4n) is 2.54. The van der Waals surface area contributed by atoms with Gasteiger partial charge in [0.15, 0.2) is 17.9 Å². The second kappa shape index (κ2) is 10.1. The zero-order valence-corrected chi connectivity index (χ0v) is 20.4. The Morgan fingerprint density at radius 3 is 2.39 bits per heavy atom. The summed E-state index contributed by atoms with van der Waals surface area (Å²) in [6.07, 6.45) is -4.08. The summed E-state index contributed by atoms with van der Waals surface area (Å²) < 4.78 is 76.6. The molecule has 0 aromatic carbocycles. The Morgan fingerprint density at radius 2 is 1.85 bits per heavy atom. The molecular weight excluding hydrogens is 542 g/mol. The monoisotopic (exact) mass is 561 g/mol. The van der Waals surface area contributed by atoms with Crippen molar-refractivity contribution < 1.29 is 59.9 Å². The number of aliphatic hydroxyl groups excluding tert-OH is 1. The van der Waals surface area contributed by atoms with E-state index in [-0.39, 0.29) is 0 Å². The zero-order valence-electron chi connectivity index (χ0n) is 17.0. The van der Waals surface area contributed by atoms with Crippen LogP contribution in [0.3, 0.4) is 0 Å². The van der Waals surface area contributed by atoms with Crippen LogP contribution in [0.15, 0.2) is 11.0 Å². The van der Waals surface area contributed by atoms with Crippen molar-refractivity contribution in [1.29, 1.82) is 0 Å². The number of aliphatic hydroxyl groups is 1. The van der Waals surface area contributed by atoms with Gasteiger partial charge in [-0.1, -0.05) is 0 Å². The Bertz CT molecular complexity index is 1090. The number of rotatable bonds is 10. The molecule has 2 heterocycles. The van der Waals surface area contributed by atoms with Gasteiger partial charge in [0.1, 0.15) is 17.1 Å². The normalized spacial score (nSPS) is 31.0. The van der Waals surface area contributed by atoms with E-state index < -0.39 is 70.7 Å². The molecule has 33 heavy (non-hydrogen) atoms. The minimum Gasteiger partial charge on any atom is -0.388 e. The number of phosphoric acid groups is 3. The summed E-state index contributed by atoms with van der Waals surface area (Å²) in [4.78, 5) is 32.5. The molecule has 0 radical (unpaired) electrons. The predicted octanol–water partition coefficient (Wildman–Crippen LogP) is 0.872. The van der Waals surface area contributed by atoms with Crippen LogP contribution in [0.4, 0.5) is 10.2 Å². The average Bonchev–Trinajstić information content (AvgIpc) is 2.91. The highest BCUT2D eigenvalue weighted by Crippen LogP contribution is 2.69. The van der Waals surface area contributed by atoms with Gasteiger partial charge in [-0.2, -0.15) is 13.6 Å². The van der Waals surface area contributed by atoms with Crippen LogP contribution in [0.25, 0.3) is 0 Å². The SMILES string of the molecule is COP(=O)(O)OP(=O)(OC)OP(=O)(O)OC[C@H]1O[C@@H](n2cc(F)c(N)nc2=O)[C@](C)(Cl)[C@@H]1O. The fourth-order valence-corrected chi connectivity index (χ4v) is 6.57. The summed E-state index contributed by atoms with van der Waals surface area (Å²) in [5, 5.41) is 10.4. The molecule has 5 N–H and O–H groups in total. The Balaban J connectivity index is 2.17. The number of halogens is 2. The molecule has 190 valence electrons. The topological polar surface area (TPSA) is 228 Å². The lowest BCUT2D eigenvalue weighted by molar-refractivity contribution is -0.0463. The van der Waals surface area contributed by atoms with Crippen molar-refractivity contribution in [3.05, 3.63) is 22.5 Å². The number of phosphoric ester groups is 2. The van der Waals surface area contributed by atoms with Gasteiger partial charge < -0.3 is 25.4 Å². The molecule has 16 nitrogen and oxygen atoms in total. The lowest BCUT2D eigenvalue weighted by Gasteiger charge is -2.26. The number of nitrogens with two attached hydrogens (primary N) is 1. The van der Waals surface area contributed by atoms with Crippen molar-refractivity contribution in [2.24, 2.45) is 0 Å². The Kier molecular flexibility index (Phi) is 8.69. The van der Waals surface area contributed by atoms with E-state index in [9.17, 15) is 37.8 Å². The van der Waals surface area contributed by atoms with Crippen LogP contribution in [-0.2, 0) is 40.6 Å². The van der Waals surface area contributed by atoms with Gasteiger partial charge in [0.25, 0.3) is 0 Å². The lowest BCUT2D eigenvalue weighted by Crippen LogP contribution is -2.42. The standard InChI is InChI=1S/C12H20ClFN3O13P3/c1-12(13)8(18)7(28-10(12)17-4-6(14)9(15)16-11(17)19)5-27-32(22,23)30-33(24,26-3)29-31(20,21)25-2/h4,7-8,10,18H,5H2,1-3H3,(H,20,21)(H,22,23)(H2,15,16,19)/t7-,8-,10-,12-,33?/m1/s1. The zero-order chi connectivity index (χ0) is 25.4. The number of nitrogen functional groups attached to an aromatic ring is 1. The molecule has 7 atom stereocenters. The number of anilines is 1. The smallest absolute Gasteiger partial charge is 0.388 e. The molecule has 21 heteroatoms. The van der Waals surface area contributed by atoms with Crippen molar-refractivity contribution in [2.45, 2.75) is 30.2 Å². The van der Waals surface area contributed by atoms with Crippen LogP contribution in [0.1, 0.15) is 13.2 Å². The number of hydrogen-bond acceptors (Lipinski definition) is 13.